The molecule has 0 aromatic heterocycles. The predicted octanol–water partition coefficient (Wildman–Crippen LogP) is 2.07. The lowest BCUT2D eigenvalue weighted by atomic mass is 10.1. The molecule has 0 saturated heterocycles. The van der Waals surface area contributed by atoms with E-state index in [-0.39, 0.29) is 17.0 Å². The maximum Gasteiger partial charge on any atom is 0.158 e. The third-order valence-corrected chi connectivity index (χ3v) is 5.52. The Morgan fingerprint density at radius 3 is 2.67 bits per heavy atom. The molecular formula is C19H25N5O2S. The Kier molecular flexibility index (Phi) is 4.77. The van der Waals surface area contributed by atoms with Gasteiger partial charge in [0, 0.05) is 17.4 Å². The number of hydrogen-bond donors (Lipinski definition) is 4. The van der Waals surface area contributed by atoms with Crippen molar-refractivity contribution in [1.82, 2.24) is 10.6 Å². The molecule has 1 aromatic rings. The topological polar surface area (TPSA) is 109 Å². The average molecular weight is 388 g/mol. The summed E-state index contributed by atoms with van der Waals surface area (Å²) in [5, 5.41) is 9.39. The second-order valence-electron chi connectivity index (χ2n) is 7.73. The highest BCUT2D eigenvalue weighted by atomic mass is 32.2. The van der Waals surface area contributed by atoms with Gasteiger partial charge in [-0.3, -0.25) is 0 Å². The molecule has 0 radical (unpaired) electrons. The second kappa shape index (κ2) is 6.77. The molecule has 0 amide bonds. The van der Waals surface area contributed by atoms with E-state index in [1.165, 1.54) is 0 Å². The first-order valence-corrected chi connectivity index (χ1v) is 10.4. The lowest BCUT2D eigenvalue weighted by Gasteiger charge is -2.23. The molecule has 27 heavy (non-hydrogen) atoms. The average Bonchev–Trinajstić information content (AvgIpc) is 3.07. The Hall–Kier alpha value is -2.74. The summed E-state index contributed by atoms with van der Waals surface area (Å²) in [4.78, 5) is 4.47. The maximum atomic E-state index is 11.8. The zero-order valence-corrected chi connectivity index (χ0v) is 16.6. The van der Waals surface area contributed by atoms with Crippen LogP contribution < -0.4 is 21.7 Å². The highest BCUT2D eigenvalue weighted by molar-refractivity contribution is 7.90. The highest BCUT2D eigenvalue weighted by Crippen LogP contribution is 2.28. The fourth-order valence-corrected chi connectivity index (χ4v) is 4.58. The van der Waals surface area contributed by atoms with Crippen molar-refractivity contribution in [2.75, 3.05) is 5.32 Å². The van der Waals surface area contributed by atoms with Crippen molar-refractivity contribution in [2.24, 2.45) is 10.7 Å². The molecule has 0 saturated carbocycles. The Balaban J connectivity index is 1.75. The van der Waals surface area contributed by atoms with Crippen molar-refractivity contribution < 1.29 is 8.42 Å². The van der Waals surface area contributed by atoms with Gasteiger partial charge in [0.1, 0.15) is 17.5 Å². The smallest absolute Gasteiger partial charge is 0.158 e. The summed E-state index contributed by atoms with van der Waals surface area (Å²) in [7, 11) is -3.02. The SMILES string of the molecule is C=C(/N=C1/NC=C/C1=C(/N)NC(C)(C)C)Nc1ccc2c(c1)CS(=O)(=O)C2. The Morgan fingerprint density at radius 2 is 1.96 bits per heavy atom. The van der Waals surface area contributed by atoms with Gasteiger partial charge in [0.15, 0.2) is 9.84 Å². The quantitative estimate of drug-likeness (QED) is 0.630. The summed E-state index contributed by atoms with van der Waals surface area (Å²) in [6.45, 7) is 10.0. The Morgan fingerprint density at radius 1 is 1.26 bits per heavy atom. The largest absolute Gasteiger partial charge is 0.385 e. The van der Waals surface area contributed by atoms with E-state index in [1.54, 1.807) is 6.20 Å². The van der Waals surface area contributed by atoms with E-state index in [2.05, 4.69) is 27.5 Å². The summed E-state index contributed by atoms with van der Waals surface area (Å²) < 4.78 is 23.5. The fraction of sp³-hybridized carbons (Fsp3) is 0.316. The molecule has 2 aliphatic rings. The molecule has 0 unspecified atom stereocenters. The van der Waals surface area contributed by atoms with Crippen molar-refractivity contribution in [3.63, 3.8) is 0 Å². The van der Waals surface area contributed by atoms with Crippen LogP contribution in [0.3, 0.4) is 0 Å². The molecule has 0 fully saturated rings. The first-order chi connectivity index (χ1) is 12.5. The normalized spacial score (nSPS) is 20.9. The third kappa shape index (κ3) is 4.71. The number of aliphatic imine (C=N–C) groups is 1. The number of benzene rings is 1. The lowest BCUT2D eigenvalue weighted by molar-refractivity contribution is 0.469. The maximum absolute atomic E-state index is 11.8. The standard InChI is InChI=1S/C19H25N5O2S/c1-12(22-15-6-5-13-10-27(25,26)11-14(13)9-15)23-18-16(7-8-21-18)17(20)24-19(2,3)4/h5-9,22,24H,1,10-11,20H2,2-4H3,(H,21,23)/b17-16+. The van der Waals surface area contributed by atoms with Crippen LogP contribution in [0.2, 0.25) is 0 Å². The van der Waals surface area contributed by atoms with Crippen LogP contribution >= 0.6 is 0 Å². The van der Waals surface area contributed by atoms with Crippen LogP contribution in [0.25, 0.3) is 0 Å². The van der Waals surface area contributed by atoms with Gasteiger partial charge < -0.3 is 21.7 Å². The molecular weight excluding hydrogens is 362 g/mol. The summed E-state index contributed by atoms with van der Waals surface area (Å²) >= 11 is 0. The molecule has 144 valence electrons. The van der Waals surface area contributed by atoms with Gasteiger partial charge in [-0.25, -0.2) is 13.4 Å². The molecule has 2 aliphatic heterocycles. The van der Waals surface area contributed by atoms with Gasteiger partial charge in [0.2, 0.25) is 0 Å². The summed E-state index contributed by atoms with van der Waals surface area (Å²) in [5.41, 5.74) is 9.17. The highest BCUT2D eigenvalue weighted by Gasteiger charge is 2.24. The van der Waals surface area contributed by atoms with Crippen molar-refractivity contribution >= 4 is 21.4 Å². The number of sulfone groups is 1. The molecule has 5 N–H and O–H groups in total. The van der Waals surface area contributed by atoms with Crippen LogP contribution in [0.1, 0.15) is 31.9 Å². The van der Waals surface area contributed by atoms with Crippen molar-refractivity contribution in [1.29, 1.82) is 0 Å². The van der Waals surface area contributed by atoms with E-state index in [4.69, 9.17) is 5.73 Å². The number of hydrogen-bond acceptors (Lipinski definition) is 6. The van der Waals surface area contributed by atoms with E-state index in [0.717, 1.165) is 22.4 Å². The monoisotopic (exact) mass is 387 g/mol. The van der Waals surface area contributed by atoms with Gasteiger partial charge in [0.25, 0.3) is 0 Å². The van der Waals surface area contributed by atoms with Crippen molar-refractivity contribution in [2.45, 2.75) is 37.8 Å². The molecule has 0 atom stereocenters. The minimum absolute atomic E-state index is 0.0756. The first-order valence-electron chi connectivity index (χ1n) is 8.61. The number of nitrogens with one attached hydrogen (secondary N) is 3. The number of nitrogens with two attached hydrogens (primary N) is 1. The van der Waals surface area contributed by atoms with E-state index >= 15 is 0 Å². The van der Waals surface area contributed by atoms with Gasteiger partial charge in [-0.2, -0.15) is 0 Å². The van der Waals surface area contributed by atoms with Crippen LogP contribution in [0.5, 0.6) is 0 Å². The van der Waals surface area contributed by atoms with Crippen LogP contribution in [0.15, 0.2) is 59.3 Å². The predicted molar refractivity (Wildman–Crippen MR) is 109 cm³/mol. The van der Waals surface area contributed by atoms with Crippen LogP contribution in [-0.4, -0.2) is 19.8 Å². The number of amidine groups is 1. The summed E-state index contributed by atoms with van der Waals surface area (Å²) in [6, 6.07) is 5.49. The van der Waals surface area contributed by atoms with E-state index < -0.39 is 9.84 Å². The van der Waals surface area contributed by atoms with Crippen LogP contribution in [0, 0.1) is 0 Å². The van der Waals surface area contributed by atoms with E-state index in [1.807, 2.05) is 45.0 Å². The van der Waals surface area contributed by atoms with E-state index in [0.29, 0.717) is 17.5 Å². The number of fused-ring (bicyclic) bond motifs is 1. The molecule has 0 bridgehead atoms. The molecule has 0 spiro atoms. The first kappa shape index (κ1) is 19.0. The molecule has 1 aromatic carbocycles. The Labute approximate surface area is 160 Å². The summed E-state index contributed by atoms with van der Waals surface area (Å²) in [5.74, 6) is 1.72. The molecule has 7 nitrogen and oxygen atoms in total. The molecule has 8 heteroatoms. The zero-order chi connectivity index (χ0) is 19.8. The van der Waals surface area contributed by atoms with Gasteiger partial charge in [0.05, 0.1) is 17.1 Å². The van der Waals surface area contributed by atoms with Gasteiger partial charge in [-0.15, -0.1) is 0 Å². The summed E-state index contributed by atoms with van der Waals surface area (Å²) in [6.07, 6.45) is 3.61. The van der Waals surface area contributed by atoms with Crippen molar-refractivity contribution in [3.8, 4) is 0 Å². The second-order valence-corrected chi connectivity index (χ2v) is 9.79. The molecule has 3 rings (SSSR count). The fourth-order valence-electron chi connectivity index (χ4n) is 2.98. The third-order valence-electron chi connectivity index (χ3n) is 4.02. The number of rotatable bonds is 4. The molecule has 2 heterocycles. The number of anilines is 1. The minimum atomic E-state index is -3.02. The Bertz CT molecular complexity index is 982. The minimum Gasteiger partial charge on any atom is -0.385 e. The van der Waals surface area contributed by atoms with Gasteiger partial charge in [-0.1, -0.05) is 12.6 Å². The van der Waals surface area contributed by atoms with Gasteiger partial charge in [-0.05, 0) is 50.1 Å². The van der Waals surface area contributed by atoms with Crippen LogP contribution in [0.4, 0.5) is 5.69 Å². The number of nitrogens with zero attached hydrogens (tertiary/aromatic N) is 1. The van der Waals surface area contributed by atoms with E-state index in [9.17, 15) is 8.42 Å². The van der Waals surface area contributed by atoms with Gasteiger partial charge >= 0.3 is 0 Å². The van der Waals surface area contributed by atoms with Crippen LogP contribution in [-0.2, 0) is 21.3 Å². The zero-order valence-electron chi connectivity index (χ0n) is 15.8. The van der Waals surface area contributed by atoms with Crippen molar-refractivity contribution in [3.05, 3.63) is 65.4 Å². The lowest BCUT2D eigenvalue weighted by Crippen LogP contribution is -2.39. The molecule has 0 aliphatic carbocycles.